The predicted molar refractivity (Wildman–Crippen MR) is 39.5 cm³/mol. The van der Waals surface area contributed by atoms with E-state index in [1.165, 1.54) is 0 Å². The van der Waals surface area contributed by atoms with E-state index < -0.39 is 36.7 Å². The second-order valence-electron chi connectivity index (χ2n) is 2.62. The van der Waals surface area contributed by atoms with Crippen LogP contribution in [-0.2, 0) is 4.79 Å². The summed E-state index contributed by atoms with van der Waals surface area (Å²) in [6.07, 6.45) is -11.6. The molecule has 0 fully saturated rings. The molecule has 0 rings (SSSR count). The smallest absolute Gasteiger partial charge is 0.219 e. The first-order valence-corrected chi connectivity index (χ1v) is 3.59. The van der Waals surface area contributed by atoms with Crippen molar-refractivity contribution in [1.82, 2.24) is 0 Å². The fraction of sp³-hybridized carbons (Fsp3) is 0.833. The second-order valence-corrected chi connectivity index (χ2v) is 2.62. The zero-order chi connectivity index (χ0) is 11.5. The quantitative estimate of drug-likeness (QED) is 0.224. The van der Waals surface area contributed by atoms with Crippen LogP contribution in [0.2, 0.25) is 0 Å². The molecule has 0 unspecified atom stereocenters. The van der Waals surface area contributed by atoms with E-state index in [0.29, 0.717) is 0 Å². The van der Waals surface area contributed by atoms with Gasteiger partial charge in [-0.25, -0.2) is 0 Å². The van der Waals surface area contributed by atoms with Crippen molar-refractivity contribution in [3.63, 3.8) is 0 Å². The molecule has 84 valence electrons. The first-order chi connectivity index (χ1) is 6.29. The molecule has 0 aromatic rings. The average Bonchev–Trinajstić information content (AvgIpc) is 2.12. The number of rotatable bonds is 5. The van der Waals surface area contributed by atoms with E-state index in [4.69, 9.17) is 35.7 Å². The van der Waals surface area contributed by atoms with Crippen LogP contribution < -0.4 is 0 Å². The summed E-state index contributed by atoms with van der Waals surface area (Å²) in [7, 11) is 0. The Morgan fingerprint density at radius 3 is 1.50 bits per heavy atom. The van der Waals surface area contributed by atoms with Gasteiger partial charge in [0.05, 0.1) is 0 Å². The van der Waals surface area contributed by atoms with Crippen LogP contribution in [0.15, 0.2) is 0 Å². The molecular weight excluding hydrogens is 200 g/mol. The lowest BCUT2D eigenvalue weighted by Crippen LogP contribution is -2.50. The summed E-state index contributed by atoms with van der Waals surface area (Å²) in [5.41, 5.74) is 0. The molecule has 14 heavy (non-hydrogen) atoms. The molecule has 0 spiro atoms. The van der Waals surface area contributed by atoms with Gasteiger partial charge < -0.3 is 35.7 Å². The van der Waals surface area contributed by atoms with Crippen molar-refractivity contribution in [2.75, 3.05) is 0 Å². The van der Waals surface area contributed by atoms with E-state index in [2.05, 4.69) is 0 Å². The first-order valence-electron chi connectivity index (χ1n) is 3.59. The molecule has 0 heterocycles. The zero-order valence-corrected chi connectivity index (χ0v) is 6.93. The van der Waals surface area contributed by atoms with Crippen LogP contribution in [0.4, 0.5) is 0 Å². The number of ketones is 1. The molecule has 3 atom stereocenters. The fourth-order valence-electron chi connectivity index (χ4n) is 0.684. The number of hydrogen-bond acceptors (Lipinski definition) is 8. The number of aliphatic hydroxyl groups excluding tert-OH is 5. The van der Waals surface area contributed by atoms with E-state index in [9.17, 15) is 4.79 Å². The summed E-state index contributed by atoms with van der Waals surface area (Å²) in [5.74, 6) is -1.56. The molecule has 0 aliphatic rings. The van der Waals surface area contributed by atoms with Gasteiger partial charge in [-0.15, -0.1) is 0 Å². The summed E-state index contributed by atoms with van der Waals surface area (Å²) < 4.78 is 0. The van der Waals surface area contributed by atoms with Crippen molar-refractivity contribution in [3.05, 3.63) is 0 Å². The maximum atomic E-state index is 10.6. The molecule has 0 amide bonds. The zero-order valence-electron chi connectivity index (χ0n) is 6.93. The molecular formula is C6H12O8. The van der Waals surface area contributed by atoms with Crippen molar-refractivity contribution in [1.29, 1.82) is 0 Å². The SMILES string of the molecule is O=C(C(O)O)[C@@H](O)[C@H](O)[C@H](O)C(O)O. The molecule has 8 heteroatoms. The Morgan fingerprint density at radius 2 is 1.21 bits per heavy atom. The summed E-state index contributed by atoms with van der Waals surface area (Å²) in [6, 6.07) is 0. The molecule has 0 radical (unpaired) electrons. The van der Waals surface area contributed by atoms with E-state index in [0.717, 1.165) is 0 Å². The van der Waals surface area contributed by atoms with Crippen LogP contribution in [0, 0.1) is 0 Å². The fourth-order valence-corrected chi connectivity index (χ4v) is 0.684. The minimum absolute atomic E-state index is 1.56. The van der Waals surface area contributed by atoms with Gasteiger partial charge in [0.1, 0.15) is 18.3 Å². The molecule has 0 saturated carbocycles. The van der Waals surface area contributed by atoms with Crippen molar-refractivity contribution in [3.8, 4) is 0 Å². The topological polar surface area (TPSA) is 159 Å². The van der Waals surface area contributed by atoms with Crippen LogP contribution in [-0.4, -0.2) is 72.4 Å². The van der Waals surface area contributed by atoms with Gasteiger partial charge >= 0.3 is 0 Å². The lowest BCUT2D eigenvalue weighted by atomic mass is 10.0. The Bertz CT molecular complexity index is 190. The predicted octanol–water partition coefficient (Wildman–Crippen LogP) is -4.74. The highest BCUT2D eigenvalue weighted by Crippen LogP contribution is 2.05. The monoisotopic (exact) mass is 212 g/mol. The highest BCUT2D eigenvalue weighted by atomic mass is 16.5. The Labute approximate surface area is 78.3 Å². The Morgan fingerprint density at radius 1 is 0.786 bits per heavy atom. The van der Waals surface area contributed by atoms with Crippen LogP contribution in [0.25, 0.3) is 0 Å². The van der Waals surface area contributed by atoms with Gasteiger partial charge in [-0.1, -0.05) is 0 Å². The lowest BCUT2D eigenvalue weighted by Gasteiger charge is -2.23. The molecule has 7 N–H and O–H groups in total. The summed E-state index contributed by atoms with van der Waals surface area (Å²) >= 11 is 0. The number of hydrogen-bond donors (Lipinski definition) is 7. The summed E-state index contributed by atoms with van der Waals surface area (Å²) in [4.78, 5) is 10.6. The van der Waals surface area contributed by atoms with Gasteiger partial charge in [-0.05, 0) is 0 Å². The van der Waals surface area contributed by atoms with Crippen molar-refractivity contribution in [2.45, 2.75) is 30.9 Å². The normalized spacial score (nSPS) is 18.4. The standard InChI is InChI=1S/C6H12O8/c7-1(3(9)5(11)12)2(8)4(10)6(13)14/h1-3,5-9,11-14H/t1-,2-,3-/m0/s1. The third-order valence-corrected chi connectivity index (χ3v) is 1.52. The van der Waals surface area contributed by atoms with Crippen LogP contribution >= 0.6 is 0 Å². The summed E-state index contributed by atoms with van der Waals surface area (Å²) in [5, 5.41) is 59.9. The molecule has 0 bridgehead atoms. The average molecular weight is 212 g/mol. The number of Topliss-reactive ketones (excluding diaryl/α,β-unsaturated/α-hetero) is 1. The van der Waals surface area contributed by atoms with Gasteiger partial charge in [0.25, 0.3) is 0 Å². The lowest BCUT2D eigenvalue weighted by molar-refractivity contribution is -0.188. The third kappa shape index (κ3) is 3.27. The van der Waals surface area contributed by atoms with Crippen molar-refractivity contribution < 1.29 is 40.5 Å². The molecule has 0 aromatic heterocycles. The Balaban J connectivity index is 4.38. The summed E-state index contributed by atoms with van der Waals surface area (Å²) in [6.45, 7) is 0. The minimum Gasteiger partial charge on any atom is -0.387 e. The van der Waals surface area contributed by atoms with E-state index in [-0.39, 0.29) is 0 Å². The van der Waals surface area contributed by atoms with Gasteiger partial charge in [0.2, 0.25) is 12.1 Å². The van der Waals surface area contributed by atoms with Crippen LogP contribution in [0.3, 0.4) is 0 Å². The van der Waals surface area contributed by atoms with Crippen LogP contribution in [0.5, 0.6) is 0 Å². The maximum absolute atomic E-state index is 10.6. The largest absolute Gasteiger partial charge is 0.387 e. The van der Waals surface area contributed by atoms with Gasteiger partial charge in [0, 0.05) is 0 Å². The highest BCUT2D eigenvalue weighted by Gasteiger charge is 2.35. The first kappa shape index (κ1) is 13.4. The Hall–Kier alpha value is -0.610. The van der Waals surface area contributed by atoms with E-state index in [1.807, 2.05) is 0 Å². The molecule has 0 aliphatic heterocycles. The van der Waals surface area contributed by atoms with E-state index >= 15 is 0 Å². The van der Waals surface area contributed by atoms with Gasteiger partial charge in [0.15, 0.2) is 6.29 Å². The Kier molecular flexibility index (Phi) is 5.08. The highest BCUT2D eigenvalue weighted by molar-refractivity contribution is 5.86. The second kappa shape index (κ2) is 5.32. The molecule has 0 aromatic carbocycles. The number of carbonyl (C=O) groups excluding carboxylic acids is 1. The molecule has 8 nitrogen and oxygen atoms in total. The van der Waals surface area contributed by atoms with Crippen LogP contribution in [0.1, 0.15) is 0 Å². The minimum atomic E-state index is -2.51. The van der Waals surface area contributed by atoms with E-state index in [1.54, 1.807) is 0 Å². The number of carbonyl (C=O) groups is 1. The molecule has 0 aliphatic carbocycles. The van der Waals surface area contributed by atoms with Gasteiger partial charge in [-0.2, -0.15) is 0 Å². The maximum Gasteiger partial charge on any atom is 0.219 e. The van der Waals surface area contributed by atoms with Crippen molar-refractivity contribution in [2.24, 2.45) is 0 Å². The van der Waals surface area contributed by atoms with Crippen molar-refractivity contribution >= 4 is 5.78 Å². The van der Waals surface area contributed by atoms with Gasteiger partial charge in [-0.3, -0.25) is 4.79 Å². The number of aliphatic hydroxyl groups is 7. The third-order valence-electron chi connectivity index (χ3n) is 1.52. The molecule has 0 saturated heterocycles.